The van der Waals surface area contributed by atoms with Crippen LogP contribution in [0.2, 0.25) is 0 Å². The number of benzene rings is 2. The molecule has 2 aromatic heterocycles. The first-order valence-electron chi connectivity index (χ1n) is 10.3. The monoisotopic (exact) mass is 533 g/mol. The number of carbonyl (C=O) groups is 1. The van der Waals surface area contributed by atoms with E-state index in [1.807, 2.05) is 6.92 Å². The molecular formula is C21H19N5O6S3. The lowest BCUT2D eigenvalue weighted by atomic mass is 10.2. The second-order valence-corrected chi connectivity index (χ2v) is 10.4. The van der Waals surface area contributed by atoms with Crippen LogP contribution in [0.5, 0.6) is 16.6 Å². The van der Waals surface area contributed by atoms with Gasteiger partial charge in [-0.1, -0.05) is 0 Å². The minimum Gasteiger partial charge on any atom is -0.454 e. The van der Waals surface area contributed by atoms with Gasteiger partial charge in [-0.3, -0.25) is 10.0 Å². The van der Waals surface area contributed by atoms with E-state index in [-0.39, 0.29) is 16.8 Å². The van der Waals surface area contributed by atoms with Crippen molar-refractivity contribution in [2.24, 2.45) is 0 Å². The van der Waals surface area contributed by atoms with E-state index >= 15 is 0 Å². The molecule has 2 aromatic carbocycles. The number of hydrogen-bond donors (Lipinski definition) is 3. The number of nitrogens with zero attached hydrogens (tertiary/aromatic N) is 2. The van der Waals surface area contributed by atoms with Gasteiger partial charge >= 0.3 is 6.09 Å². The normalized spacial score (nSPS) is 12.5. The number of aryl methyl sites for hydroxylation is 1. The Morgan fingerprint density at radius 2 is 1.94 bits per heavy atom. The quantitative estimate of drug-likeness (QED) is 0.310. The van der Waals surface area contributed by atoms with Crippen LogP contribution in [0.4, 0.5) is 21.9 Å². The summed E-state index contributed by atoms with van der Waals surface area (Å²) in [4.78, 5) is 12.4. The van der Waals surface area contributed by atoms with E-state index in [1.54, 1.807) is 31.2 Å². The predicted octanol–water partition coefficient (Wildman–Crippen LogP) is 4.63. The molecule has 0 spiro atoms. The van der Waals surface area contributed by atoms with Crippen LogP contribution in [0, 0.1) is 6.92 Å². The molecule has 0 unspecified atom stereocenters. The zero-order valence-electron chi connectivity index (χ0n) is 18.4. The molecular weight excluding hydrogens is 514 g/mol. The first-order valence-corrected chi connectivity index (χ1v) is 13.4. The van der Waals surface area contributed by atoms with Gasteiger partial charge in [-0.25, -0.2) is 13.2 Å². The summed E-state index contributed by atoms with van der Waals surface area (Å²) in [6.07, 6.45) is -0.839. The molecule has 11 nitrogen and oxygen atoms in total. The summed E-state index contributed by atoms with van der Waals surface area (Å²) < 4.78 is 53.5. The third-order valence-electron chi connectivity index (χ3n) is 5.05. The minimum absolute atomic E-state index is 0.0743. The number of rotatable bonds is 7. The molecule has 5 rings (SSSR count). The number of amides is 1. The Hall–Kier alpha value is -3.62. The molecule has 0 aliphatic carbocycles. The van der Waals surface area contributed by atoms with Gasteiger partial charge in [0.25, 0.3) is 10.0 Å². The number of sulfonamides is 1. The summed E-state index contributed by atoms with van der Waals surface area (Å²) >= 11 is 2.03. The Morgan fingerprint density at radius 1 is 1.14 bits per heavy atom. The molecule has 0 saturated heterocycles. The molecule has 1 aliphatic rings. The van der Waals surface area contributed by atoms with Crippen LogP contribution < -0.4 is 29.6 Å². The highest BCUT2D eigenvalue weighted by molar-refractivity contribution is 7.93. The molecule has 3 heterocycles. The first kappa shape index (κ1) is 23.1. The third-order valence-corrected chi connectivity index (χ3v) is 7.90. The van der Waals surface area contributed by atoms with Crippen molar-refractivity contribution in [3.8, 4) is 16.6 Å². The number of anilines is 3. The number of hydrogen-bond acceptors (Lipinski definition) is 11. The van der Waals surface area contributed by atoms with E-state index < -0.39 is 16.1 Å². The van der Waals surface area contributed by atoms with E-state index in [0.29, 0.717) is 46.1 Å². The number of fused-ring (bicyclic) bond motifs is 2. The Kier molecular flexibility index (Phi) is 6.08. The largest absolute Gasteiger partial charge is 0.454 e. The minimum atomic E-state index is -4.09. The van der Waals surface area contributed by atoms with Crippen molar-refractivity contribution in [3.05, 3.63) is 41.3 Å². The molecule has 14 heteroatoms. The van der Waals surface area contributed by atoms with Crippen molar-refractivity contribution in [2.45, 2.75) is 18.7 Å². The summed E-state index contributed by atoms with van der Waals surface area (Å²) in [5, 5.41) is 7.21. The van der Waals surface area contributed by atoms with Crippen LogP contribution in [-0.2, 0) is 10.0 Å². The fraction of sp³-hybridized carbons (Fsp3) is 0.190. The molecule has 182 valence electrons. The summed E-state index contributed by atoms with van der Waals surface area (Å²) in [5.41, 5.74) is 3.25. The van der Waals surface area contributed by atoms with Crippen LogP contribution in [0.1, 0.15) is 12.5 Å². The highest BCUT2D eigenvalue weighted by Gasteiger charge is 2.25. The number of nitrogens with one attached hydrogen (secondary N) is 3. The van der Waals surface area contributed by atoms with Gasteiger partial charge < -0.3 is 19.5 Å². The van der Waals surface area contributed by atoms with Gasteiger partial charge in [0.05, 0.1) is 28.8 Å². The van der Waals surface area contributed by atoms with Gasteiger partial charge in [-0.2, -0.15) is 8.75 Å². The van der Waals surface area contributed by atoms with E-state index in [1.165, 1.54) is 11.4 Å². The van der Waals surface area contributed by atoms with Crippen LogP contribution >= 0.6 is 23.1 Å². The zero-order valence-corrected chi connectivity index (χ0v) is 20.9. The van der Waals surface area contributed by atoms with Gasteiger partial charge in [0.15, 0.2) is 11.5 Å². The van der Waals surface area contributed by atoms with Crippen molar-refractivity contribution < 1.29 is 27.4 Å². The van der Waals surface area contributed by atoms with Crippen molar-refractivity contribution in [3.63, 3.8) is 0 Å². The van der Waals surface area contributed by atoms with Gasteiger partial charge in [-0.15, -0.1) is 11.3 Å². The Morgan fingerprint density at radius 3 is 2.74 bits per heavy atom. The SMILES string of the molecule is CCNc1c(NS(=O)(=O)c2ccsc2OC(=O)Nc2cc3c(cc2C)OCO3)ccc2nsnc12. The van der Waals surface area contributed by atoms with E-state index in [2.05, 4.69) is 24.1 Å². The maximum atomic E-state index is 13.2. The average Bonchev–Trinajstić information content (AvgIpc) is 3.56. The second kappa shape index (κ2) is 9.20. The van der Waals surface area contributed by atoms with Crippen LogP contribution in [0.25, 0.3) is 11.0 Å². The molecule has 4 aromatic rings. The molecule has 35 heavy (non-hydrogen) atoms. The number of aromatic nitrogens is 2. The van der Waals surface area contributed by atoms with Gasteiger partial charge in [0, 0.05) is 12.6 Å². The molecule has 0 fully saturated rings. The van der Waals surface area contributed by atoms with Crippen LogP contribution in [-0.4, -0.2) is 36.6 Å². The first-order chi connectivity index (χ1) is 16.9. The van der Waals surface area contributed by atoms with Crippen molar-refractivity contribution in [2.75, 3.05) is 28.7 Å². The van der Waals surface area contributed by atoms with Gasteiger partial charge in [0.1, 0.15) is 15.9 Å². The third kappa shape index (κ3) is 4.54. The maximum Gasteiger partial charge on any atom is 0.417 e. The average molecular weight is 534 g/mol. The van der Waals surface area contributed by atoms with Crippen LogP contribution in [0.15, 0.2) is 40.6 Å². The lowest BCUT2D eigenvalue weighted by molar-refractivity contribution is 0.174. The summed E-state index contributed by atoms with van der Waals surface area (Å²) in [5.74, 6) is 1.08. The van der Waals surface area contributed by atoms with Crippen molar-refractivity contribution in [1.29, 1.82) is 0 Å². The molecule has 0 atom stereocenters. The lowest BCUT2D eigenvalue weighted by Gasteiger charge is -2.14. The van der Waals surface area contributed by atoms with Crippen molar-refractivity contribution in [1.82, 2.24) is 8.75 Å². The molecule has 3 N–H and O–H groups in total. The number of ether oxygens (including phenoxy) is 3. The molecule has 0 saturated carbocycles. The van der Waals surface area contributed by atoms with Gasteiger partial charge in [0.2, 0.25) is 11.9 Å². The Labute approximate surface area is 208 Å². The summed E-state index contributed by atoms with van der Waals surface area (Å²) in [6.45, 7) is 4.34. The van der Waals surface area contributed by atoms with Crippen LogP contribution in [0.3, 0.4) is 0 Å². The fourth-order valence-corrected chi connectivity index (χ4v) is 6.26. The zero-order chi connectivity index (χ0) is 24.6. The predicted molar refractivity (Wildman–Crippen MR) is 134 cm³/mol. The van der Waals surface area contributed by atoms with Crippen molar-refractivity contribution >= 4 is 67.3 Å². The van der Waals surface area contributed by atoms with E-state index in [4.69, 9.17) is 14.2 Å². The molecule has 1 amide bonds. The molecule has 0 radical (unpaired) electrons. The smallest absolute Gasteiger partial charge is 0.417 e. The topological polar surface area (TPSA) is 141 Å². The Balaban J connectivity index is 1.36. The fourth-order valence-electron chi connectivity index (χ4n) is 3.45. The van der Waals surface area contributed by atoms with E-state index in [9.17, 15) is 13.2 Å². The Bertz CT molecular complexity index is 1530. The molecule has 0 bridgehead atoms. The molecule has 1 aliphatic heterocycles. The lowest BCUT2D eigenvalue weighted by Crippen LogP contribution is -2.19. The highest BCUT2D eigenvalue weighted by atomic mass is 32.2. The summed E-state index contributed by atoms with van der Waals surface area (Å²) in [7, 11) is -4.09. The van der Waals surface area contributed by atoms with E-state index in [0.717, 1.165) is 28.6 Å². The number of carbonyl (C=O) groups excluding carboxylic acids is 1. The summed E-state index contributed by atoms with van der Waals surface area (Å²) in [6, 6.07) is 8.03. The number of thiophene rings is 1. The standard InChI is InChI=1S/C21H19N5O6S3/c1-3-22-18-13(5-4-12-19(18)25-34-24-12)26-35(28,29)17-6-7-33-20(17)32-21(27)23-14-9-16-15(8-11(14)2)30-10-31-16/h4-9,22,26H,3,10H2,1-2H3,(H,23,27). The highest BCUT2D eigenvalue weighted by Crippen LogP contribution is 2.38. The second-order valence-electron chi connectivity index (χ2n) is 7.36. The maximum absolute atomic E-state index is 13.2. The van der Waals surface area contributed by atoms with Gasteiger partial charge in [-0.05, 0) is 49.1 Å².